The standard InChI is InChI=1S/C16H24ClN3O/c1-10-4-5-11(2)20(9-10)12(3)16(21)19-13-6-7-14(17)15(18)8-13/h6-8,10-12H,4-5,9,18H2,1-3H3,(H,19,21). The van der Waals surface area contributed by atoms with E-state index >= 15 is 0 Å². The van der Waals surface area contributed by atoms with Gasteiger partial charge in [-0.15, -0.1) is 0 Å². The first-order chi connectivity index (χ1) is 9.88. The molecular weight excluding hydrogens is 286 g/mol. The lowest BCUT2D eigenvalue weighted by atomic mass is 9.93. The second-order valence-corrected chi connectivity index (χ2v) is 6.54. The summed E-state index contributed by atoms with van der Waals surface area (Å²) in [6.45, 7) is 7.36. The second-order valence-electron chi connectivity index (χ2n) is 6.13. The van der Waals surface area contributed by atoms with E-state index in [0.29, 0.717) is 28.4 Å². The van der Waals surface area contributed by atoms with Crippen LogP contribution in [0.4, 0.5) is 11.4 Å². The molecule has 0 aliphatic carbocycles. The van der Waals surface area contributed by atoms with Crippen LogP contribution >= 0.6 is 11.6 Å². The van der Waals surface area contributed by atoms with E-state index in [-0.39, 0.29) is 11.9 Å². The van der Waals surface area contributed by atoms with Crippen molar-refractivity contribution in [3.8, 4) is 0 Å². The van der Waals surface area contributed by atoms with Crippen LogP contribution in [0.1, 0.15) is 33.6 Å². The maximum absolute atomic E-state index is 12.4. The molecule has 1 aromatic rings. The molecule has 4 nitrogen and oxygen atoms in total. The number of benzene rings is 1. The lowest BCUT2D eigenvalue weighted by molar-refractivity contribution is -0.122. The van der Waals surface area contributed by atoms with Gasteiger partial charge in [-0.1, -0.05) is 18.5 Å². The van der Waals surface area contributed by atoms with Gasteiger partial charge in [-0.2, -0.15) is 0 Å². The Labute approximate surface area is 131 Å². The summed E-state index contributed by atoms with van der Waals surface area (Å²) in [5.41, 5.74) is 6.92. The van der Waals surface area contributed by atoms with Crippen LogP contribution in [0, 0.1) is 5.92 Å². The van der Waals surface area contributed by atoms with Gasteiger partial charge < -0.3 is 11.1 Å². The SMILES string of the molecule is CC1CCC(C)N(C(C)C(=O)Nc2ccc(Cl)c(N)c2)C1. The third-order valence-corrected chi connectivity index (χ3v) is 4.65. The Morgan fingerprint density at radius 1 is 1.43 bits per heavy atom. The number of nitrogen functional groups attached to an aromatic ring is 1. The third kappa shape index (κ3) is 3.89. The molecule has 21 heavy (non-hydrogen) atoms. The smallest absolute Gasteiger partial charge is 0.241 e. The van der Waals surface area contributed by atoms with Crippen molar-refractivity contribution in [2.45, 2.75) is 45.7 Å². The van der Waals surface area contributed by atoms with Crippen LogP contribution in [0.2, 0.25) is 5.02 Å². The zero-order chi connectivity index (χ0) is 15.6. The summed E-state index contributed by atoms with van der Waals surface area (Å²) in [5, 5.41) is 3.42. The van der Waals surface area contributed by atoms with Gasteiger partial charge in [0.1, 0.15) is 0 Å². The molecule has 0 spiro atoms. The van der Waals surface area contributed by atoms with Crippen LogP contribution in [0.3, 0.4) is 0 Å². The first-order valence-corrected chi connectivity index (χ1v) is 7.88. The minimum absolute atomic E-state index is 0.00216. The molecule has 3 N–H and O–H groups in total. The number of rotatable bonds is 3. The fourth-order valence-electron chi connectivity index (χ4n) is 2.88. The lowest BCUT2D eigenvalue weighted by Crippen LogP contribution is -2.50. The van der Waals surface area contributed by atoms with E-state index in [1.807, 2.05) is 6.92 Å². The summed E-state index contributed by atoms with van der Waals surface area (Å²) in [5.74, 6) is 0.639. The number of nitrogens with one attached hydrogen (secondary N) is 1. The number of anilines is 2. The van der Waals surface area contributed by atoms with Crippen molar-refractivity contribution in [3.63, 3.8) is 0 Å². The van der Waals surface area contributed by atoms with E-state index in [1.165, 1.54) is 6.42 Å². The van der Waals surface area contributed by atoms with E-state index in [1.54, 1.807) is 18.2 Å². The largest absolute Gasteiger partial charge is 0.397 e. The molecule has 3 atom stereocenters. The molecule has 1 amide bonds. The first-order valence-electron chi connectivity index (χ1n) is 7.50. The number of halogens is 1. The Bertz CT molecular complexity index is 520. The van der Waals surface area contributed by atoms with E-state index in [4.69, 9.17) is 17.3 Å². The maximum atomic E-state index is 12.4. The number of hydrogen-bond donors (Lipinski definition) is 2. The minimum Gasteiger partial charge on any atom is -0.397 e. The fraction of sp³-hybridized carbons (Fsp3) is 0.562. The summed E-state index contributed by atoms with van der Waals surface area (Å²) in [7, 11) is 0. The molecule has 0 saturated carbocycles. The average molecular weight is 310 g/mol. The second kappa shape index (κ2) is 6.67. The van der Waals surface area contributed by atoms with Crippen LogP contribution in [0.5, 0.6) is 0 Å². The number of carbonyl (C=O) groups excluding carboxylic acids is 1. The van der Waals surface area contributed by atoms with Gasteiger partial charge in [0.25, 0.3) is 0 Å². The summed E-state index contributed by atoms with van der Waals surface area (Å²) in [6.07, 6.45) is 2.38. The molecule has 1 aliphatic heterocycles. The normalized spacial score (nSPS) is 24.6. The molecule has 3 unspecified atom stereocenters. The molecule has 1 fully saturated rings. The van der Waals surface area contributed by atoms with Crippen molar-refractivity contribution in [2.24, 2.45) is 5.92 Å². The lowest BCUT2D eigenvalue weighted by Gasteiger charge is -2.40. The molecule has 2 rings (SSSR count). The van der Waals surface area contributed by atoms with Crippen LogP contribution < -0.4 is 11.1 Å². The van der Waals surface area contributed by atoms with Gasteiger partial charge in [0, 0.05) is 18.3 Å². The van der Waals surface area contributed by atoms with E-state index in [0.717, 1.165) is 13.0 Å². The molecule has 0 aromatic heterocycles. The Kier molecular flexibility index (Phi) is 5.12. The number of nitrogens with two attached hydrogens (primary N) is 1. The van der Waals surface area contributed by atoms with Gasteiger partial charge in [0.15, 0.2) is 0 Å². The molecule has 1 saturated heterocycles. The average Bonchev–Trinajstić information content (AvgIpc) is 2.44. The quantitative estimate of drug-likeness (QED) is 0.842. The Morgan fingerprint density at radius 3 is 2.81 bits per heavy atom. The highest BCUT2D eigenvalue weighted by Gasteiger charge is 2.30. The third-order valence-electron chi connectivity index (χ3n) is 4.31. The van der Waals surface area contributed by atoms with Gasteiger partial charge in [-0.05, 0) is 50.8 Å². The van der Waals surface area contributed by atoms with Gasteiger partial charge in [-0.25, -0.2) is 0 Å². The number of hydrogen-bond acceptors (Lipinski definition) is 3. The fourth-order valence-corrected chi connectivity index (χ4v) is 3.00. The van der Waals surface area contributed by atoms with Crippen LogP contribution in [0.15, 0.2) is 18.2 Å². The summed E-state index contributed by atoms with van der Waals surface area (Å²) < 4.78 is 0. The minimum atomic E-state index is -0.153. The van der Waals surface area contributed by atoms with Crippen molar-refractivity contribution in [2.75, 3.05) is 17.6 Å². The molecule has 5 heteroatoms. The molecule has 1 aliphatic rings. The number of amides is 1. The molecule has 116 valence electrons. The van der Waals surface area contributed by atoms with E-state index in [9.17, 15) is 4.79 Å². The van der Waals surface area contributed by atoms with Crippen molar-refractivity contribution in [3.05, 3.63) is 23.2 Å². The molecular formula is C16H24ClN3O. The van der Waals surface area contributed by atoms with Crippen molar-refractivity contribution in [1.29, 1.82) is 0 Å². The predicted octanol–water partition coefficient (Wildman–Crippen LogP) is 3.37. The maximum Gasteiger partial charge on any atom is 0.241 e. The summed E-state index contributed by atoms with van der Waals surface area (Å²) in [6, 6.07) is 5.45. The first kappa shape index (κ1) is 16.1. The highest BCUT2D eigenvalue weighted by molar-refractivity contribution is 6.33. The van der Waals surface area contributed by atoms with Gasteiger partial charge in [-0.3, -0.25) is 9.69 Å². The Balaban J connectivity index is 2.03. The Hall–Kier alpha value is -1.26. The van der Waals surface area contributed by atoms with Crippen molar-refractivity contribution >= 4 is 28.9 Å². The summed E-state index contributed by atoms with van der Waals surface area (Å²) in [4.78, 5) is 14.7. The zero-order valence-corrected chi connectivity index (χ0v) is 13.7. The monoisotopic (exact) mass is 309 g/mol. The van der Waals surface area contributed by atoms with Crippen molar-refractivity contribution < 1.29 is 4.79 Å². The van der Waals surface area contributed by atoms with E-state index < -0.39 is 0 Å². The van der Waals surface area contributed by atoms with Gasteiger partial charge >= 0.3 is 0 Å². The number of nitrogens with zero attached hydrogens (tertiary/aromatic N) is 1. The van der Waals surface area contributed by atoms with Gasteiger partial charge in [0.2, 0.25) is 5.91 Å². The highest BCUT2D eigenvalue weighted by atomic mass is 35.5. The summed E-state index contributed by atoms with van der Waals surface area (Å²) >= 11 is 5.89. The zero-order valence-electron chi connectivity index (χ0n) is 12.9. The predicted molar refractivity (Wildman–Crippen MR) is 88.5 cm³/mol. The van der Waals surface area contributed by atoms with Crippen LogP contribution in [0.25, 0.3) is 0 Å². The number of piperidine rings is 1. The molecule has 1 aromatic carbocycles. The van der Waals surface area contributed by atoms with Crippen LogP contribution in [-0.2, 0) is 4.79 Å². The van der Waals surface area contributed by atoms with Crippen LogP contribution in [-0.4, -0.2) is 29.4 Å². The molecule has 0 bridgehead atoms. The topological polar surface area (TPSA) is 58.4 Å². The number of carbonyl (C=O) groups is 1. The Morgan fingerprint density at radius 2 is 2.14 bits per heavy atom. The van der Waals surface area contributed by atoms with Gasteiger partial charge in [0.05, 0.1) is 16.8 Å². The highest BCUT2D eigenvalue weighted by Crippen LogP contribution is 2.25. The number of likely N-dealkylation sites (tertiary alicyclic amines) is 1. The molecule has 0 radical (unpaired) electrons. The van der Waals surface area contributed by atoms with Crippen molar-refractivity contribution in [1.82, 2.24) is 4.90 Å². The van der Waals surface area contributed by atoms with E-state index in [2.05, 4.69) is 24.1 Å². The molecule has 1 heterocycles.